The Morgan fingerprint density at radius 1 is 0.750 bits per heavy atom. The van der Waals surface area contributed by atoms with Crippen LogP contribution in [0.5, 0.6) is 11.5 Å². The maximum Gasteiger partial charge on any atom is 0.633 e. The molecule has 0 aliphatic carbocycles. The lowest BCUT2D eigenvalue weighted by Crippen LogP contribution is -2.41. The highest BCUT2D eigenvalue weighted by molar-refractivity contribution is 6.65. The number of hydrogen-bond donors (Lipinski definition) is 0. The molecule has 0 N–H and O–H groups in total. The van der Waals surface area contributed by atoms with E-state index in [9.17, 15) is 0 Å². The minimum atomic E-state index is -0.429. The molecule has 24 heavy (non-hydrogen) atoms. The number of benzene rings is 3. The highest BCUT2D eigenvalue weighted by Crippen LogP contribution is 2.32. The molecular formula is C20H16BNO2. The predicted octanol–water partition coefficient (Wildman–Crippen LogP) is 3.47. The number of nitrogens with zero attached hydrogens (tertiary/aromatic N) is 1. The van der Waals surface area contributed by atoms with Crippen molar-refractivity contribution in [1.29, 1.82) is 0 Å². The van der Waals surface area contributed by atoms with Crippen LogP contribution in [0.2, 0.25) is 0 Å². The summed E-state index contributed by atoms with van der Waals surface area (Å²) in [5.74, 6) is 1.55. The number of fused-ring (bicyclic) bond motifs is 1. The molecular weight excluding hydrogens is 297 g/mol. The SMILES string of the molecule is C(=NCc1ccccc1)c1ccccc1B1Oc2ccccc2O1. The van der Waals surface area contributed by atoms with Gasteiger partial charge in [-0.2, -0.15) is 0 Å². The van der Waals surface area contributed by atoms with Gasteiger partial charge in [0, 0.05) is 11.7 Å². The van der Waals surface area contributed by atoms with Gasteiger partial charge in [-0.1, -0.05) is 66.7 Å². The molecule has 0 saturated heterocycles. The molecule has 1 aliphatic rings. The third-order valence-electron chi connectivity index (χ3n) is 3.91. The molecule has 0 unspecified atom stereocenters. The van der Waals surface area contributed by atoms with Crippen LogP contribution >= 0.6 is 0 Å². The lowest BCUT2D eigenvalue weighted by molar-refractivity contribution is 0.518. The Morgan fingerprint density at radius 3 is 2.12 bits per heavy atom. The van der Waals surface area contributed by atoms with E-state index < -0.39 is 7.12 Å². The average Bonchev–Trinajstić information content (AvgIpc) is 3.07. The molecule has 0 amide bonds. The molecule has 0 atom stereocenters. The van der Waals surface area contributed by atoms with Crippen LogP contribution in [0.25, 0.3) is 0 Å². The maximum atomic E-state index is 5.91. The maximum absolute atomic E-state index is 5.91. The van der Waals surface area contributed by atoms with Crippen molar-refractivity contribution < 1.29 is 9.31 Å². The van der Waals surface area contributed by atoms with Gasteiger partial charge in [0.05, 0.1) is 6.54 Å². The zero-order valence-electron chi connectivity index (χ0n) is 13.1. The molecule has 3 aromatic carbocycles. The van der Waals surface area contributed by atoms with Crippen LogP contribution in [-0.2, 0) is 6.54 Å². The van der Waals surface area contributed by atoms with E-state index in [4.69, 9.17) is 9.31 Å². The first kappa shape index (κ1) is 14.6. The average molecular weight is 313 g/mol. The van der Waals surface area contributed by atoms with E-state index in [0.29, 0.717) is 6.54 Å². The van der Waals surface area contributed by atoms with Crippen LogP contribution < -0.4 is 14.8 Å². The lowest BCUT2D eigenvalue weighted by Gasteiger charge is -2.08. The second kappa shape index (κ2) is 6.63. The fraction of sp³-hybridized carbons (Fsp3) is 0.0500. The summed E-state index contributed by atoms with van der Waals surface area (Å²) in [6.45, 7) is 0.655. The summed E-state index contributed by atoms with van der Waals surface area (Å²) in [6, 6.07) is 25.9. The van der Waals surface area contributed by atoms with E-state index in [2.05, 4.69) is 17.1 Å². The van der Waals surface area contributed by atoms with Crippen molar-refractivity contribution in [2.75, 3.05) is 0 Å². The van der Waals surface area contributed by atoms with Crippen LogP contribution in [-0.4, -0.2) is 13.3 Å². The summed E-state index contributed by atoms with van der Waals surface area (Å²) in [5.41, 5.74) is 3.17. The Labute approximate surface area is 141 Å². The zero-order valence-corrected chi connectivity index (χ0v) is 13.1. The van der Waals surface area contributed by atoms with Crippen LogP contribution in [0.3, 0.4) is 0 Å². The summed E-state index contributed by atoms with van der Waals surface area (Å²) in [7, 11) is -0.429. The van der Waals surface area contributed by atoms with Crippen LogP contribution in [0, 0.1) is 0 Å². The number of para-hydroxylation sites is 2. The highest BCUT2D eigenvalue weighted by atomic mass is 16.6. The first-order chi connectivity index (χ1) is 11.9. The summed E-state index contributed by atoms with van der Waals surface area (Å²) >= 11 is 0. The van der Waals surface area contributed by atoms with Gasteiger partial charge in [-0.25, -0.2) is 0 Å². The van der Waals surface area contributed by atoms with E-state index in [1.165, 1.54) is 5.56 Å². The van der Waals surface area contributed by atoms with E-state index in [-0.39, 0.29) is 0 Å². The Kier molecular flexibility index (Phi) is 4.03. The Hall–Kier alpha value is -3.01. The quantitative estimate of drug-likeness (QED) is 0.545. The van der Waals surface area contributed by atoms with Crippen LogP contribution in [0.1, 0.15) is 11.1 Å². The Bertz CT molecular complexity index is 839. The molecule has 0 aromatic heterocycles. The van der Waals surface area contributed by atoms with E-state index in [0.717, 1.165) is 22.5 Å². The highest BCUT2D eigenvalue weighted by Gasteiger charge is 2.35. The predicted molar refractivity (Wildman–Crippen MR) is 97.3 cm³/mol. The molecule has 0 radical (unpaired) electrons. The van der Waals surface area contributed by atoms with Gasteiger partial charge in [0.15, 0.2) is 0 Å². The molecule has 3 nitrogen and oxygen atoms in total. The van der Waals surface area contributed by atoms with Crippen molar-refractivity contribution in [3.8, 4) is 11.5 Å². The fourth-order valence-corrected chi connectivity index (χ4v) is 2.70. The topological polar surface area (TPSA) is 30.8 Å². The fourth-order valence-electron chi connectivity index (χ4n) is 2.70. The van der Waals surface area contributed by atoms with Crippen molar-refractivity contribution in [1.82, 2.24) is 0 Å². The summed E-state index contributed by atoms with van der Waals surface area (Å²) in [4.78, 5) is 4.56. The van der Waals surface area contributed by atoms with Gasteiger partial charge in [0.2, 0.25) is 0 Å². The van der Waals surface area contributed by atoms with Crippen molar-refractivity contribution in [2.24, 2.45) is 4.99 Å². The van der Waals surface area contributed by atoms with Gasteiger partial charge >= 0.3 is 7.12 Å². The van der Waals surface area contributed by atoms with Gasteiger partial charge in [0.25, 0.3) is 0 Å². The molecule has 3 aromatic rings. The van der Waals surface area contributed by atoms with Crippen molar-refractivity contribution in [2.45, 2.75) is 6.54 Å². The van der Waals surface area contributed by atoms with Gasteiger partial charge < -0.3 is 9.31 Å². The van der Waals surface area contributed by atoms with Crippen LogP contribution in [0.4, 0.5) is 0 Å². The molecule has 0 spiro atoms. The largest absolute Gasteiger partial charge is 0.633 e. The summed E-state index contributed by atoms with van der Waals surface area (Å²) in [6.07, 6.45) is 1.89. The van der Waals surface area contributed by atoms with Crippen molar-refractivity contribution in [3.05, 3.63) is 90.0 Å². The third kappa shape index (κ3) is 3.04. The Balaban J connectivity index is 1.54. The molecule has 116 valence electrons. The van der Waals surface area contributed by atoms with Gasteiger partial charge in [0.1, 0.15) is 11.5 Å². The smallest absolute Gasteiger partial charge is 0.519 e. The normalized spacial score (nSPS) is 12.8. The molecule has 1 heterocycles. The van der Waals surface area contributed by atoms with E-state index in [1.54, 1.807) is 0 Å². The summed E-state index contributed by atoms with van der Waals surface area (Å²) in [5, 5.41) is 0. The Morgan fingerprint density at radius 2 is 1.38 bits per heavy atom. The number of hydrogen-bond acceptors (Lipinski definition) is 3. The van der Waals surface area contributed by atoms with Gasteiger partial charge in [-0.15, -0.1) is 0 Å². The standard InChI is InChI=1S/C20H16BNO2/c1-2-8-16(9-3-1)14-22-15-17-10-4-5-11-18(17)21-23-19-12-6-7-13-20(19)24-21/h1-13,15H,14H2. The molecule has 0 fully saturated rings. The number of aliphatic imine (C=N–C) groups is 1. The van der Waals surface area contributed by atoms with Gasteiger partial charge in [-0.3, -0.25) is 4.99 Å². The van der Waals surface area contributed by atoms with Crippen molar-refractivity contribution >= 4 is 18.8 Å². The first-order valence-corrected chi connectivity index (χ1v) is 7.95. The second-order valence-corrected chi connectivity index (χ2v) is 5.60. The minimum absolute atomic E-state index is 0.429. The molecule has 1 aliphatic heterocycles. The lowest BCUT2D eigenvalue weighted by atomic mass is 9.76. The molecule has 4 heteroatoms. The van der Waals surface area contributed by atoms with Gasteiger partial charge in [-0.05, 0) is 23.3 Å². The van der Waals surface area contributed by atoms with Crippen molar-refractivity contribution in [3.63, 3.8) is 0 Å². The molecule has 4 rings (SSSR count). The van der Waals surface area contributed by atoms with E-state index >= 15 is 0 Å². The van der Waals surface area contributed by atoms with E-state index in [1.807, 2.05) is 72.9 Å². The zero-order chi connectivity index (χ0) is 16.2. The molecule has 0 saturated carbocycles. The first-order valence-electron chi connectivity index (χ1n) is 7.95. The third-order valence-corrected chi connectivity index (χ3v) is 3.91. The molecule has 0 bridgehead atoms. The number of rotatable bonds is 4. The second-order valence-electron chi connectivity index (χ2n) is 5.60. The van der Waals surface area contributed by atoms with Crippen LogP contribution in [0.15, 0.2) is 83.9 Å². The minimum Gasteiger partial charge on any atom is -0.519 e. The monoisotopic (exact) mass is 313 g/mol. The summed E-state index contributed by atoms with van der Waals surface area (Å²) < 4.78 is 11.8.